The van der Waals surface area contributed by atoms with Crippen LogP contribution >= 0.6 is 11.6 Å². The topological polar surface area (TPSA) is 54.0 Å². The van der Waals surface area contributed by atoms with Gasteiger partial charge in [-0.25, -0.2) is 0 Å². The fourth-order valence-electron chi connectivity index (χ4n) is 4.67. The van der Waals surface area contributed by atoms with Crippen LogP contribution in [-0.2, 0) is 14.9 Å². The molecule has 33 heavy (non-hydrogen) atoms. The molecule has 0 aliphatic carbocycles. The third kappa shape index (κ3) is 6.70. The number of halogens is 1. The second kappa shape index (κ2) is 11.8. The first-order valence-corrected chi connectivity index (χ1v) is 12.2. The zero-order valence-corrected chi connectivity index (χ0v) is 19.9. The monoisotopic (exact) mass is 471 g/mol. The van der Waals surface area contributed by atoms with Gasteiger partial charge >= 0.3 is 0 Å². The molecule has 7 heteroatoms. The zero-order chi connectivity index (χ0) is 22.9. The van der Waals surface area contributed by atoms with E-state index in [1.54, 1.807) is 0 Å². The minimum Gasteiger partial charge on any atom is -0.491 e. The molecule has 2 aliphatic heterocycles. The third-order valence-electron chi connectivity index (χ3n) is 6.79. The Morgan fingerprint density at radius 3 is 2.36 bits per heavy atom. The average Bonchev–Trinajstić information content (AvgIpc) is 2.86. The van der Waals surface area contributed by atoms with Gasteiger partial charge < -0.3 is 14.8 Å². The number of benzene rings is 2. The summed E-state index contributed by atoms with van der Waals surface area (Å²) < 4.78 is 11.4. The molecule has 2 heterocycles. The molecular weight excluding hydrogens is 438 g/mol. The number of hydrogen-bond acceptors (Lipinski definition) is 5. The van der Waals surface area contributed by atoms with Crippen LogP contribution in [0.15, 0.2) is 54.6 Å². The second-order valence-electron chi connectivity index (χ2n) is 8.93. The highest BCUT2D eigenvalue weighted by Crippen LogP contribution is 2.34. The van der Waals surface area contributed by atoms with E-state index < -0.39 is 0 Å². The first kappa shape index (κ1) is 24.0. The van der Waals surface area contributed by atoms with Gasteiger partial charge in [0.25, 0.3) is 0 Å². The molecule has 0 bridgehead atoms. The van der Waals surface area contributed by atoms with E-state index in [2.05, 4.69) is 39.4 Å². The van der Waals surface area contributed by atoms with Gasteiger partial charge in [0.1, 0.15) is 12.4 Å². The molecule has 0 saturated carbocycles. The van der Waals surface area contributed by atoms with Crippen LogP contribution in [0.3, 0.4) is 0 Å². The fourth-order valence-corrected chi connectivity index (χ4v) is 4.86. The normalized spacial score (nSPS) is 19.2. The highest BCUT2D eigenvalue weighted by molar-refractivity contribution is 6.32. The molecule has 2 saturated heterocycles. The Morgan fingerprint density at radius 1 is 0.970 bits per heavy atom. The van der Waals surface area contributed by atoms with Crippen LogP contribution in [0.5, 0.6) is 5.75 Å². The molecule has 0 unspecified atom stereocenters. The number of nitrogens with zero attached hydrogens (tertiary/aromatic N) is 2. The van der Waals surface area contributed by atoms with Gasteiger partial charge in [-0.2, -0.15) is 0 Å². The van der Waals surface area contributed by atoms with Crippen molar-refractivity contribution in [2.24, 2.45) is 0 Å². The molecular formula is C26H34ClN3O3. The van der Waals surface area contributed by atoms with E-state index in [0.717, 1.165) is 64.5 Å². The van der Waals surface area contributed by atoms with Crippen molar-refractivity contribution in [3.63, 3.8) is 0 Å². The van der Waals surface area contributed by atoms with Crippen molar-refractivity contribution in [3.8, 4) is 5.75 Å². The molecule has 4 rings (SSSR count). The lowest BCUT2D eigenvalue weighted by Crippen LogP contribution is -2.51. The number of ether oxygens (including phenoxy) is 2. The summed E-state index contributed by atoms with van der Waals surface area (Å²) >= 11 is 6.14. The summed E-state index contributed by atoms with van der Waals surface area (Å²) in [4.78, 5) is 17.3. The molecule has 2 aliphatic rings. The molecule has 0 spiro atoms. The molecule has 0 radical (unpaired) electrons. The summed E-state index contributed by atoms with van der Waals surface area (Å²) in [6.07, 6.45) is 1.87. The number of hydrogen-bond donors (Lipinski definition) is 1. The van der Waals surface area contributed by atoms with E-state index in [9.17, 15) is 4.79 Å². The van der Waals surface area contributed by atoms with Crippen LogP contribution in [0.2, 0.25) is 5.02 Å². The second-order valence-corrected chi connectivity index (χ2v) is 9.34. The lowest BCUT2D eigenvalue weighted by molar-refractivity contribution is -0.123. The Bertz CT molecular complexity index is 881. The molecule has 2 aromatic rings. The van der Waals surface area contributed by atoms with Gasteiger partial charge in [-0.05, 0) is 30.5 Å². The maximum atomic E-state index is 12.7. The first-order valence-electron chi connectivity index (χ1n) is 11.9. The van der Waals surface area contributed by atoms with Gasteiger partial charge in [0, 0.05) is 57.9 Å². The number of nitrogens with one attached hydrogen (secondary N) is 1. The Morgan fingerprint density at radius 2 is 1.64 bits per heavy atom. The Hall–Kier alpha value is -2.12. The van der Waals surface area contributed by atoms with Crippen molar-refractivity contribution in [2.75, 3.05) is 65.6 Å². The van der Waals surface area contributed by atoms with E-state index in [0.29, 0.717) is 24.7 Å². The summed E-state index contributed by atoms with van der Waals surface area (Å²) in [6.45, 7) is 7.70. The van der Waals surface area contributed by atoms with Crippen LogP contribution in [-0.4, -0.2) is 81.3 Å². The fraction of sp³-hybridized carbons (Fsp3) is 0.500. The van der Waals surface area contributed by atoms with Gasteiger partial charge in [0.15, 0.2) is 0 Å². The number of piperazine rings is 1. The molecule has 0 aromatic heterocycles. The van der Waals surface area contributed by atoms with Crippen LogP contribution in [0.25, 0.3) is 0 Å². The quantitative estimate of drug-likeness (QED) is 0.608. The van der Waals surface area contributed by atoms with Crippen molar-refractivity contribution in [3.05, 3.63) is 65.2 Å². The number of rotatable bonds is 9. The maximum absolute atomic E-state index is 12.7. The number of carbonyl (C=O) groups excluding carboxylic acids is 1. The van der Waals surface area contributed by atoms with Crippen LogP contribution in [0.4, 0.5) is 0 Å². The smallest absolute Gasteiger partial charge is 0.234 e. The Balaban J connectivity index is 1.18. The van der Waals surface area contributed by atoms with Gasteiger partial charge in [-0.15, -0.1) is 0 Å². The van der Waals surface area contributed by atoms with Gasteiger partial charge in [-0.3, -0.25) is 14.6 Å². The van der Waals surface area contributed by atoms with E-state index in [4.69, 9.17) is 21.1 Å². The van der Waals surface area contributed by atoms with Crippen LogP contribution < -0.4 is 10.1 Å². The van der Waals surface area contributed by atoms with Gasteiger partial charge in [0.2, 0.25) is 5.91 Å². The van der Waals surface area contributed by atoms with Gasteiger partial charge in [0.05, 0.1) is 11.6 Å². The summed E-state index contributed by atoms with van der Waals surface area (Å²) in [5.41, 5.74) is 1.26. The summed E-state index contributed by atoms with van der Waals surface area (Å²) in [7, 11) is 0. The molecule has 1 amide bonds. The van der Waals surface area contributed by atoms with E-state index in [1.165, 1.54) is 5.56 Å². The molecule has 0 atom stereocenters. The summed E-state index contributed by atoms with van der Waals surface area (Å²) in [6, 6.07) is 18.1. The molecule has 2 fully saturated rings. The van der Waals surface area contributed by atoms with Crippen LogP contribution in [0.1, 0.15) is 18.4 Å². The van der Waals surface area contributed by atoms with Gasteiger partial charge in [-0.1, -0.05) is 54.1 Å². The number of para-hydroxylation sites is 1. The lowest BCUT2D eigenvalue weighted by Gasteiger charge is -2.38. The van der Waals surface area contributed by atoms with E-state index in [1.807, 2.05) is 30.3 Å². The predicted molar refractivity (Wildman–Crippen MR) is 131 cm³/mol. The van der Waals surface area contributed by atoms with Crippen molar-refractivity contribution in [1.82, 2.24) is 15.1 Å². The van der Waals surface area contributed by atoms with Crippen molar-refractivity contribution < 1.29 is 14.3 Å². The van der Waals surface area contributed by atoms with E-state index in [-0.39, 0.29) is 11.3 Å². The third-order valence-corrected chi connectivity index (χ3v) is 7.11. The Kier molecular flexibility index (Phi) is 8.62. The lowest BCUT2D eigenvalue weighted by atomic mass is 9.74. The SMILES string of the molecule is O=C(CN1CCN(CCOc2ccccc2Cl)CC1)NCC1(c2ccccc2)CCOCC1. The largest absolute Gasteiger partial charge is 0.491 e. The average molecular weight is 472 g/mol. The zero-order valence-electron chi connectivity index (χ0n) is 19.2. The van der Waals surface area contributed by atoms with Crippen molar-refractivity contribution in [1.29, 1.82) is 0 Å². The number of carbonyl (C=O) groups is 1. The highest BCUT2D eigenvalue weighted by Gasteiger charge is 2.34. The summed E-state index contributed by atoms with van der Waals surface area (Å²) in [5, 5.41) is 3.87. The van der Waals surface area contributed by atoms with E-state index >= 15 is 0 Å². The molecule has 2 aromatic carbocycles. The first-order chi connectivity index (χ1) is 16.1. The molecule has 1 N–H and O–H groups in total. The number of amides is 1. The van der Waals surface area contributed by atoms with Crippen LogP contribution in [0, 0.1) is 0 Å². The predicted octanol–water partition coefficient (Wildman–Crippen LogP) is 3.20. The minimum absolute atomic E-state index is 0.0322. The molecule has 6 nitrogen and oxygen atoms in total. The Labute approximate surface area is 201 Å². The summed E-state index contributed by atoms with van der Waals surface area (Å²) in [5.74, 6) is 0.833. The maximum Gasteiger partial charge on any atom is 0.234 e. The molecule has 178 valence electrons. The minimum atomic E-state index is -0.0322. The van der Waals surface area contributed by atoms with Crippen molar-refractivity contribution >= 4 is 17.5 Å². The van der Waals surface area contributed by atoms with Crippen molar-refractivity contribution in [2.45, 2.75) is 18.3 Å². The standard InChI is InChI=1S/C26H34ClN3O3/c27-23-8-4-5-9-24(23)33-19-16-29-12-14-30(15-13-29)20-25(31)28-21-26(10-17-32-18-11-26)22-6-2-1-3-7-22/h1-9H,10-21H2,(H,28,31). The highest BCUT2D eigenvalue weighted by atomic mass is 35.5.